The summed E-state index contributed by atoms with van der Waals surface area (Å²) in [5.74, 6) is 0. The molecule has 20 heavy (non-hydrogen) atoms. The van der Waals surface area contributed by atoms with Crippen molar-refractivity contribution in [1.82, 2.24) is 4.31 Å². The van der Waals surface area contributed by atoms with E-state index in [1.165, 1.54) is 0 Å². The maximum Gasteiger partial charge on any atom is 0.243 e. The number of hydrogen-bond donors (Lipinski definition) is 1. The zero-order valence-corrected chi connectivity index (χ0v) is 13.2. The highest BCUT2D eigenvalue weighted by Crippen LogP contribution is 2.33. The highest BCUT2D eigenvalue weighted by atomic mass is 32.2. The molecular formula is C15H23NO3S. The predicted octanol–water partition coefficient (Wildman–Crippen LogP) is 2.55. The zero-order valence-electron chi connectivity index (χ0n) is 12.3. The lowest BCUT2D eigenvalue weighted by atomic mass is 9.93. The summed E-state index contributed by atoms with van der Waals surface area (Å²) >= 11 is 0. The Balaban J connectivity index is 2.31. The van der Waals surface area contributed by atoms with Gasteiger partial charge < -0.3 is 5.11 Å². The molecule has 1 N–H and O–H groups in total. The Kier molecular flexibility index (Phi) is 4.23. The van der Waals surface area contributed by atoms with Crippen LogP contribution < -0.4 is 0 Å². The van der Waals surface area contributed by atoms with Crippen LogP contribution in [0.3, 0.4) is 0 Å². The highest BCUT2D eigenvalue weighted by molar-refractivity contribution is 7.89. The molecule has 1 unspecified atom stereocenters. The van der Waals surface area contributed by atoms with Crippen LogP contribution in [-0.2, 0) is 10.0 Å². The molecule has 0 bridgehead atoms. The van der Waals surface area contributed by atoms with Gasteiger partial charge in [0.15, 0.2) is 0 Å². The lowest BCUT2D eigenvalue weighted by Gasteiger charge is -2.20. The summed E-state index contributed by atoms with van der Waals surface area (Å²) in [7, 11) is -3.45. The molecular weight excluding hydrogens is 274 g/mol. The number of sulfonamides is 1. The predicted molar refractivity (Wildman–Crippen MR) is 78.8 cm³/mol. The van der Waals surface area contributed by atoms with Crippen molar-refractivity contribution in [3.63, 3.8) is 0 Å². The molecule has 0 saturated carbocycles. The van der Waals surface area contributed by atoms with Crippen molar-refractivity contribution in [3.8, 4) is 0 Å². The molecule has 0 spiro atoms. The molecule has 1 saturated heterocycles. The van der Waals surface area contributed by atoms with Gasteiger partial charge in [0.25, 0.3) is 0 Å². The average molecular weight is 297 g/mol. The van der Waals surface area contributed by atoms with Crippen LogP contribution in [-0.4, -0.2) is 30.9 Å². The van der Waals surface area contributed by atoms with E-state index in [-0.39, 0.29) is 10.3 Å². The highest BCUT2D eigenvalue weighted by Gasteiger charge is 2.36. The van der Waals surface area contributed by atoms with E-state index in [4.69, 9.17) is 0 Å². The summed E-state index contributed by atoms with van der Waals surface area (Å²) in [6.07, 6.45) is 0.837. The Bertz CT molecular complexity index is 581. The first kappa shape index (κ1) is 15.5. The van der Waals surface area contributed by atoms with Gasteiger partial charge in [-0.1, -0.05) is 32.9 Å². The molecule has 0 radical (unpaired) electrons. The number of benzene rings is 1. The Morgan fingerprint density at radius 3 is 2.65 bits per heavy atom. The van der Waals surface area contributed by atoms with Crippen molar-refractivity contribution in [2.75, 3.05) is 13.1 Å². The lowest BCUT2D eigenvalue weighted by Crippen LogP contribution is -2.30. The minimum atomic E-state index is -3.45. The van der Waals surface area contributed by atoms with E-state index >= 15 is 0 Å². The van der Waals surface area contributed by atoms with Crippen molar-refractivity contribution in [2.24, 2.45) is 5.41 Å². The Morgan fingerprint density at radius 1 is 1.40 bits per heavy atom. The van der Waals surface area contributed by atoms with Crippen molar-refractivity contribution in [1.29, 1.82) is 0 Å². The summed E-state index contributed by atoms with van der Waals surface area (Å²) in [6.45, 7) is 7.15. The molecule has 1 heterocycles. The second-order valence-electron chi connectivity index (χ2n) is 6.25. The lowest BCUT2D eigenvalue weighted by molar-refractivity contribution is 0.173. The summed E-state index contributed by atoms with van der Waals surface area (Å²) < 4.78 is 26.8. The van der Waals surface area contributed by atoms with Gasteiger partial charge in [-0.3, -0.25) is 0 Å². The first-order chi connectivity index (χ1) is 9.26. The molecule has 1 aromatic rings. The van der Waals surface area contributed by atoms with Gasteiger partial charge in [0.1, 0.15) is 0 Å². The van der Waals surface area contributed by atoms with Crippen LogP contribution in [0.15, 0.2) is 29.2 Å². The van der Waals surface area contributed by atoms with E-state index in [1.54, 1.807) is 28.6 Å². The molecule has 1 aliphatic heterocycles. The van der Waals surface area contributed by atoms with Gasteiger partial charge in [-0.05, 0) is 36.0 Å². The van der Waals surface area contributed by atoms with Crippen molar-refractivity contribution < 1.29 is 13.5 Å². The van der Waals surface area contributed by atoms with Crippen LogP contribution in [0.2, 0.25) is 0 Å². The smallest absolute Gasteiger partial charge is 0.243 e. The van der Waals surface area contributed by atoms with E-state index in [1.807, 2.05) is 6.92 Å². The number of aliphatic hydroxyl groups excluding tert-OH is 1. The second kappa shape index (κ2) is 5.47. The average Bonchev–Trinajstić information content (AvgIpc) is 2.79. The standard InChI is InChI=1S/C15H23NO3S/c1-4-14(17)12-6-5-7-13(10-12)20(18,19)16-9-8-15(2,3)11-16/h5-7,10,14,17H,4,8-9,11H2,1-3H3. The van der Waals surface area contributed by atoms with Crippen LogP contribution in [0.25, 0.3) is 0 Å². The first-order valence-electron chi connectivity index (χ1n) is 7.04. The summed E-state index contributed by atoms with van der Waals surface area (Å²) in [5, 5.41) is 9.86. The molecule has 0 amide bonds. The topological polar surface area (TPSA) is 57.6 Å². The first-order valence-corrected chi connectivity index (χ1v) is 8.48. The molecule has 0 aliphatic carbocycles. The van der Waals surface area contributed by atoms with Crippen molar-refractivity contribution in [2.45, 2.75) is 44.6 Å². The number of aliphatic hydroxyl groups is 1. The van der Waals surface area contributed by atoms with Crippen LogP contribution in [0.5, 0.6) is 0 Å². The van der Waals surface area contributed by atoms with Gasteiger partial charge in [-0.25, -0.2) is 8.42 Å². The fraction of sp³-hybridized carbons (Fsp3) is 0.600. The van der Waals surface area contributed by atoms with Crippen LogP contribution >= 0.6 is 0 Å². The van der Waals surface area contributed by atoms with Gasteiger partial charge in [0.2, 0.25) is 10.0 Å². The van der Waals surface area contributed by atoms with E-state index in [0.29, 0.717) is 25.1 Å². The molecule has 112 valence electrons. The van der Waals surface area contributed by atoms with E-state index in [2.05, 4.69) is 13.8 Å². The van der Waals surface area contributed by atoms with Crippen LogP contribution in [0.4, 0.5) is 0 Å². The minimum absolute atomic E-state index is 0.0353. The van der Waals surface area contributed by atoms with Crippen molar-refractivity contribution in [3.05, 3.63) is 29.8 Å². The maximum atomic E-state index is 12.6. The minimum Gasteiger partial charge on any atom is -0.388 e. The Labute approximate surface area is 121 Å². The van der Waals surface area contributed by atoms with Gasteiger partial charge in [0, 0.05) is 13.1 Å². The number of rotatable bonds is 4. The zero-order chi connectivity index (χ0) is 15.0. The molecule has 1 atom stereocenters. The molecule has 5 heteroatoms. The number of nitrogens with zero attached hydrogens (tertiary/aromatic N) is 1. The maximum absolute atomic E-state index is 12.6. The molecule has 0 aromatic heterocycles. The van der Waals surface area contributed by atoms with E-state index in [0.717, 1.165) is 6.42 Å². The molecule has 1 aliphatic rings. The van der Waals surface area contributed by atoms with Crippen molar-refractivity contribution >= 4 is 10.0 Å². The van der Waals surface area contributed by atoms with Gasteiger partial charge in [0.05, 0.1) is 11.0 Å². The SMILES string of the molecule is CCC(O)c1cccc(S(=O)(=O)N2CCC(C)(C)C2)c1. The second-order valence-corrected chi connectivity index (χ2v) is 8.19. The molecule has 4 nitrogen and oxygen atoms in total. The van der Waals surface area contributed by atoms with Crippen LogP contribution in [0.1, 0.15) is 45.3 Å². The molecule has 1 aromatic carbocycles. The van der Waals surface area contributed by atoms with Crippen LogP contribution in [0, 0.1) is 5.41 Å². The Hall–Kier alpha value is -0.910. The fourth-order valence-electron chi connectivity index (χ4n) is 2.54. The van der Waals surface area contributed by atoms with E-state index < -0.39 is 16.1 Å². The third-order valence-corrected chi connectivity index (χ3v) is 5.75. The number of hydrogen-bond acceptors (Lipinski definition) is 3. The third-order valence-electron chi connectivity index (χ3n) is 3.91. The van der Waals surface area contributed by atoms with Gasteiger partial charge in [-0.2, -0.15) is 4.31 Å². The monoisotopic (exact) mass is 297 g/mol. The summed E-state index contributed by atoms with van der Waals surface area (Å²) in [6, 6.07) is 6.66. The summed E-state index contributed by atoms with van der Waals surface area (Å²) in [5.41, 5.74) is 0.695. The molecule has 2 rings (SSSR count). The van der Waals surface area contributed by atoms with Gasteiger partial charge in [-0.15, -0.1) is 0 Å². The largest absolute Gasteiger partial charge is 0.388 e. The fourth-order valence-corrected chi connectivity index (χ4v) is 4.22. The van der Waals surface area contributed by atoms with Gasteiger partial charge >= 0.3 is 0 Å². The Morgan fingerprint density at radius 2 is 2.10 bits per heavy atom. The third kappa shape index (κ3) is 3.05. The quantitative estimate of drug-likeness (QED) is 0.929. The summed E-state index contributed by atoms with van der Waals surface area (Å²) in [4.78, 5) is 0.278. The van der Waals surface area contributed by atoms with E-state index in [9.17, 15) is 13.5 Å². The normalized spacial score (nSPS) is 21.0. The molecule has 1 fully saturated rings.